The molecule has 0 saturated carbocycles. The van der Waals surface area contributed by atoms with Crippen molar-refractivity contribution in [2.24, 2.45) is 5.10 Å². The Hall–Kier alpha value is -3.35. The molecule has 142 valence electrons. The maximum Gasteiger partial charge on any atom is 0.344 e. The summed E-state index contributed by atoms with van der Waals surface area (Å²) in [6.07, 6.45) is 1.47. The third-order valence-electron chi connectivity index (χ3n) is 3.53. The van der Waals surface area contributed by atoms with E-state index in [4.69, 9.17) is 14.2 Å². The number of nitrogens with zero attached hydrogens (tertiary/aromatic N) is 1. The van der Waals surface area contributed by atoms with Crippen molar-refractivity contribution in [3.8, 4) is 11.5 Å². The molecule has 7 heteroatoms. The van der Waals surface area contributed by atoms with Crippen molar-refractivity contribution >= 4 is 18.1 Å². The van der Waals surface area contributed by atoms with Crippen molar-refractivity contribution in [3.63, 3.8) is 0 Å². The zero-order valence-electron chi connectivity index (χ0n) is 15.5. The van der Waals surface area contributed by atoms with Gasteiger partial charge in [-0.2, -0.15) is 5.10 Å². The van der Waals surface area contributed by atoms with Crippen LogP contribution in [0.15, 0.2) is 47.6 Å². The predicted octanol–water partition coefficient (Wildman–Crippen LogP) is 2.71. The number of carbonyl (C=O) groups excluding carboxylic acids is 2. The van der Waals surface area contributed by atoms with E-state index in [2.05, 4.69) is 10.5 Å². The van der Waals surface area contributed by atoms with E-state index < -0.39 is 5.97 Å². The first-order valence-electron chi connectivity index (χ1n) is 8.40. The molecule has 7 nitrogen and oxygen atoms in total. The molecular weight excluding hydrogens is 348 g/mol. The molecule has 0 fully saturated rings. The fourth-order valence-electron chi connectivity index (χ4n) is 2.16. The lowest BCUT2D eigenvalue weighted by atomic mass is 10.1. The summed E-state index contributed by atoms with van der Waals surface area (Å²) in [5.41, 5.74) is 4.72. The van der Waals surface area contributed by atoms with Gasteiger partial charge in [0, 0.05) is 5.56 Å². The van der Waals surface area contributed by atoms with Crippen molar-refractivity contribution in [1.82, 2.24) is 5.43 Å². The SMILES string of the molecule is CCOC(=O)COc1cc(/C=N/NC(=O)c2ccc(C)cc2)ccc1OC. The number of hydrogen-bond donors (Lipinski definition) is 1. The van der Waals surface area contributed by atoms with E-state index >= 15 is 0 Å². The number of hydrogen-bond acceptors (Lipinski definition) is 6. The average molecular weight is 370 g/mol. The van der Waals surface area contributed by atoms with Gasteiger partial charge >= 0.3 is 5.97 Å². The molecule has 0 spiro atoms. The standard InChI is InChI=1S/C20H22N2O5/c1-4-26-19(23)13-27-18-11-15(7-10-17(18)25-3)12-21-22-20(24)16-8-5-14(2)6-9-16/h5-12H,4,13H2,1-3H3,(H,22,24)/b21-12+. The molecule has 0 aromatic heterocycles. The molecule has 0 heterocycles. The van der Waals surface area contributed by atoms with Gasteiger partial charge in [0.05, 0.1) is 19.9 Å². The molecule has 1 N–H and O–H groups in total. The van der Waals surface area contributed by atoms with Crippen molar-refractivity contribution in [2.45, 2.75) is 13.8 Å². The van der Waals surface area contributed by atoms with E-state index in [0.29, 0.717) is 22.6 Å². The number of esters is 1. The normalized spacial score (nSPS) is 10.5. The highest BCUT2D eigenvalue weighted by Crippen LogP contribution is 2.27. The molecule has 27 heavy (non-hydrogen) atoms. The van der Waals surface area contributed by atoms with Crippen molar-refractivity contribution < 1.29 is 23.8 Å². The van der Waals surface area contributed by atoms with Crippen LogP contribution in [0, 0.1) is 6.92 Å². The smallest absolute Gasteiger partial charge is 0.344 e. The second kappa shape index (κ2) is 9.96. The quantitative estimate of drug-likeness (QED) is 0.439. The summed E-state index contributed by atoms with van der Waals surface area (Å²) in [6.45, 7) is 3.73. The Bertz CT molecular complexity index is 816. The highest BCUT2D eigenvalue weighted by atomic mass is 16.6. The predicted molar refractivity (Wildman–Crippen MR) is 101 cm³/mol. The summed E-state index contributed by atoms with van der Waals surface area (Å²) in [5.74, 6) is 0.0713. The number of hydrazone groups is 1. The number of rotatable bonds is 8. The Labute approximate surface area is 157 Å². The zero-order chi connectivity index (χ0) is 19.6. The number of amides is 1. The number of ether oxygens (including phenoxy) is 3. The minimum Gasteiger partial charge on any atom is -0.493 e. The lowest BCUT2D eigenvalue weighted by Gasteiger charge is -2.10. The van der Waals surface area contributed by atoms with Crippen molar-refractivity contribution in [3.05, 3.63) is 59.2 Å². The highest BCUT2D eigenvalue weighted by Gasteiger charge is 2.09. The molecule has 2 rings (SSSR count). The molecule has 0 unspecified atom stereocenters. The number of aryl methyl sites for hydroxylation is 1. The third kappa shape index (κ3) is 6.14. The molecule has 0 aliphatic rings. The van der Waals surface area contributed by atoms with Gasteiger partial charge in [-0.05, 0) is 49.7 Å². The minimum atomic E-state index is -0.469. The van der Waals surface area contributed by atoms with Crippen LogP contribution < -0.4 is 14.9 Å². The summed E-state index contributed by atoms with van der Waals surface area (Å²) in [6, 6.07) is 12.3. The molecule has 2 aromatic carbocycles. The summed E-state index contributed by atoms with van der Waals surface area (Å²) in [4.78, 5) is 23.5. The number of benzene rings is 2. The average Bonchev–Trinajstić information content (AvgIpc) is 2.67. The summed E-state index contributed by atoms with van der Waals surface area (Å²) >= 11 is 0. The van der Waals surface area contributed by atoms with Gasteiger partial charge in [-0.1, -0.05) is 17.7 Å². The first kappa shape index (κ1) is 20.0. The number of carbonyl (C=O) groups is 2. The molecule has 0 bridgehead atoms. The van der Waals surface area contributed by atoms with Crippen LogP contribution >= 0.6 is 0 Å². The Morgan fingerprint density at radius 3 is 2.52 bits per heavy atom. The number of methoxy groups -OCH3 is 1. The molecule has 0 atom stereocenters. The Morgan fingerprint density at radius 2 is 1.85 bits per heavy atom. The van der Waals surface area contributed by atoms with Crippen LogP contribution in [0.25, 0.3) is 0 Å². The summed E-state index contributed by atoms with van der Waals surface area (Å²) < 4.78 is 15.5. The molecular formula is C20H22N2O5. The van der Waals surface area contributed by atoms with Gasteiger partial charge in [0.25, 0.3) is 5.91 Å². The third-order valence-corrected chi connectivity index (χ3v) is 3.53. The van der Waals surface area contributed by atoms with Crippen LogP contribution in [0.4, 0.5) is 0 Å². The summed E-state index contributed by atoms with van der Waals surface area (Å²) in [7, 11) is 1.50. The van der Waals surface area contributed by atoms with E-state index in [1.165, 1.54) is 13.3 Å². The van der Waals surface area contributed by atoms with Gasteiger partial charge in [0.15, 0.2) is 18.1 Å². The molecule has 1 amide bonds. The van der Waals surface area contributed by atoms with E-state index in [9.17, 15) is 9.59 Å². The van der Waals surface area contributed by atoms with Gasteiger partial charge in [-0.3, -0.25) is 4.79 Å². The monoisotopic (exact) mass is 370 g/mol. The van der Waals surface area contributed by atoms with Crippen LogP contribution in [-0.2, 0) is 9.53 Å². The van der Waals surface area contributed by atoms with Crippen LogP contribution in [0.3, 0.4) is 0 Å². The highest BCUT2D eigenvalue weighted by molar-refractivity contribution is 5.94. The fraction of sp³-hybridized carbons (Fsp3) is 0.250. The molecule has 2 aromatic rings. The molecule has 0 radical (unpaired) electrons. The first-order valence-corrected chi connectivity index (χ1v) is 8.40. The minimum absolute atomic E-state index is 0.227. The Kier molecular flexibility index (Phi) is 7.37. The summed E-state index contributed by atoms with van der Waals surface area (Å²) in [5, 5.41) is 3.95. The van der Waals surface area contributed by atoms with E-state index in [-0.39, 0.29) is 19.1 Å². The molecule has 0 aliphatic heterocycles. The fourth-order valence-corrected chi connectivity index (χ4v) is 2.16. The zero-order valence-corrected chi connectivity index (χ0v) is 15.5. The van der Waals surface area contributed by atoms with Crippen molar-refractivity contribution in [2.75, 3.05) is 20.3 Å². The van der Waals surface area contributed by atoms with Gasteiger partial charge in [0.1, 0.15) is 0 Å². The maximum atomic E-state index is 12.0. The van der Waals surface area contributed by atoms with E-state index in [1.807, 2.05) is 19.1 Å². The second-order valence-electron chi connectivity index (χ2n) is 5.57. The van der Waals surface area contributed by atoms with Crippen LogP contribution in [0.2, 0.25) is 0 Å². The van der Waals surface area contributed by atoms with Crippen LogP contribution in [0.5, 0.6) is 11.5 Å². The van der Waals surface area contributed by atoms with Gasteiger partial charge in [-0.15, -0.1) is 0 Å². The van der Waals surface area contributed by atoms with Crippen LogP contribution in [-0.4, -0.2) is 38.4 Å². The van der Waals surface area contributed by atoms with Crippen molar-refractivity contribution in [1.29, 1.82) is 0 Å². The lowest BCUT2D eigenvalue weighted by Crippen LogP contribution is -2.17. The molecule has 0 saturated heterocycles. The second-order valence-corrected chi connectivity index (χ2v) is 5.57. The number of nitrogens with one attached hydrogen (secondary N) is 1. The van der Waals surface area contributed by atoms with E-state index in [0.717, 1.165) is 5.56 Å². The topological polar surface area (TPSA) is 86.2 Å². The van der Waals surface area contributed by atoms with Crippen LogP contribution in [0.1, 0.15) is 28.4 Å². The largest absolute Gasteiger partial charge is 0.493 e. The Morgan fingerprint density at radius 1 is 1.11 bits per heavy atom. The maximum absolute atomic E-state index is 12.0. The Balaban J connectivity index is 2.01. The van der Waals surface area contributed by atoms with E-state index in [1.54, 1.807) is 37.3 Å². The molecule has 0 aliphatic carbocycles. The van der Waals surface area contributed by atoms with Gasteiger partial charge in [-0.25, -0.2) is 10.2 Å². The lowest BCUT2D eigenvalue weighted by molar-refractivity contribution is -0.145. The first-order chi connectivity index (χ1) is 13.0. The van der Waals surface area contributed by atoms with Gasteiger partial charge in [0.2, 0.25) is 0 Å². The van der Waals surface area contributed by atoms with Gasteiger partial charge < -0.3 is 14.2 Å².